The maximum atomic E-state index is 9.11. The Morgan fingerprint density at radius 1 is 1.44 bits per heavy atom. The standard InChI is InChI=1S/C15H20N2O/c1-12-9-15(18-2)7-8-17(12)11-14-6-4-3-5-13(14)10-16/h3-6,12,15H,7-9,11H2,1-2H3. The Bertz CT molecular complexity index is 438. The SMILES string of the molecule is COC1CCN(Cc2ccccc2C#N)C(C)C1. The van der Waals surface area contributed by atoms with Gasteiger partial charge in [-0.15, -0.1) is 0 Å². The van der Waals surface area contributed by atoms with Gasteiger partial charge in [0, 0.05) is 26.2 Å². The van der Waals surface area contributed by atoms with E-state index in [2.05, 4.69) is 17.9 Å². The molecule has 3 heteroatoms. The molecule has 1 aliphatic rings. The number of methoxy groups -OCH3 is 1. The molecule has 2 unspecified atom stereocenters. The van der Waals surface area contributed by atoms with Crippen LogP contribution >= 0.6 is 0 Å². The minimum Gasteiger partial charge on any atom is -0.381 e. The van der Waals surface area contributed by atoms with Crippen LogP contribution in [0.1, 0.15) is 30.9 Å². The molecule has 1 heterocycles. The molecule has 0 aliphatic carbocycles. The van der Waals surface area contributed by atoms with Crippen molar-refractivity contribution >= 4 is 0 Å². The van der Waals surface area contributed by atoms with Crippen molar-refractivity contribution in [2.24, 2.45) is 0 Å². The van der Waals surface area contributed by atoms with Gasteiger partial charge in [-0.3, -0.25) is 4.90 Å². The summed E-state index contributed by atoms with van der Waals surface area (Å²) in [7, 11) is 1.79. The second-order valence-corrected chi connectivity index (χ2v) is 4.97. The first-order valence-electron chi connectivity index (χ1n) is 6.49. The van der Waals surface area contributed by atoms with E-state index in [1.165, 1.54) is 0 Å². The predicted octanol–water partition coefficient (Wildman–Crippen LogP) is 2.56. The summed E-state index contributed by atoms with van der Waals surface area (Å²) in [6, 6.07) is 10.6. The molecule has 0 saturated carbocycles. The Morgan fingerprint density at radius 2 is 2.22 bits per heavy atom. The zero-order valence-corrected chi connectivity index (χ0v) is 11.1. The van der Waals surface area contributed by atoms with Crippen molar-refractivity contribution < 1.29 is 4.74 Å². The van der Waals surface area contributed by atoms with Gasteiger partial charge in [-0.2, -0.15) is 5.26 Å². The van der Waals surface area contributed by atoms with E-state index >= 15 is 0 Å². The molecule has 1 aromatic rings. The lowest BCUT2D eigenvalue weighted by molar-refractivity contribution is 0.0129. The van der Waals surface area contributed by atoms with Gasteiger partial charge in [0.05, 0.1) is 17.7 Å². The highest BCUT2D eigenvalue weighted by atomic mass is 16.5. The number of rotatable bonds is 3. The Labute approximate surface area is 109 Å². The van der Waals surface area contributed by atoms with E-state index in [-0.39, 0.29) is 0 Å². The largest absolute Gasteiger partial charge is 0.381 e. The van der Waals surface area contributed by atoms with Crippen LogP contribution in [0.5, 0.6) is 0 Å². The Balaban J connectivity index is 2.04. The molecule has 0 amide bonds. The van der Waals surface area contributed by atoms with Gasteiger partial charge >= 0.3 is 0 Å². The van der Waals surface area contributed by atoms with Gasteiger partial charge in [0.1, 0.15) is 0 Å². The normalized spacial score (nSPS) is 24.7. The highest BCUT2D eigenvalue weighted by Crippen LogP contribution is 2.22. The molecule has 1 fully saturated rings. The number of piperidine rings is 1. The minimum absolute atomic E-state index is 0.391. The van der Waals surface area contributed by atoms with Gasteiger partial charge < -0.3 is 4.74 Å². The zero-order chi connectivity index (χ0) is 13.0. The van der Waals surface area contributed by atoms with Crippen molar-refractivity contribution in [3.05, 3.63) is 35.4 Å². The molecule has 1 aliphatic heterocycles. The van der Waals surface area contributed by atoms with Crippen LogP contribution in [0.2, 0.25) is 0 Å². The number of hydrogen-bond acceptors (Lipinski definition) is 3. The number of ether oxygens (including phenoxy) is 1. The summed E-state index contributed by atoms with van der Waals surface area (Å²) in [5.41, 5.74) is 1.92. The fraction of sp³-hybridized carbons (Fsp3) is 0.533. The van der Waals surface area contributed by atoms with Crippen molar-refractivity contribution in [2.45, 2.75) is 38.5 Å². The summed E-state index contributed by atoms with van der Waals surface area (Å²) >= 11 is 0. The average molecular weight is 244 g/mol. The van der Waals surface area contributed by atoms with Gasteiger partial charge in [-0.25, -0.2) is 0 Å². The van der Waals surface area contributed by atoms with Gasteiger partial charge in [0.25, 0.3) is 0 Å². The lowest BCUT2D eigenvalue weighted by Crippen LogP contribution is -2.42. The summed E-state index contributed by atoms with van der Waals surface area (Å²) in [4.78, 5) is 2.44. The van der Waals surface area contributed by atoms with Crippen molar-refractivity contribution in [1.82, 2.24) is 4.90 Å². The van der Waals surface area contributed by atoms with Gasteiger partial charge in [0.2, 0.25) is 0 Å². The van der Waals surface area contributed by atoms with E-state index in [1.54, 1.807) is 7.11 Å². The van der Waals surface area contributed by atoms with Gasteiger partial charge in [-0.05, 0) is 31.4 Å². The maximum Gasteiger partial charge on any atom is 0.0995 e. The molecular weight excluding hydrogens is 224 g/mol. The summed E-state index contributed by atoms with van der Waals surface area (Å²) in [6.07, 6.45) is 2.54. The first-order valence-corrected chi connectivity index (χ1v) is 6.49. The lowest BCUT2D eigenvalue weighted by Gasteiger charge is -2.37. The van der Waals surface area contributed by atoms with Crippen LogP contribution in [0.4, 0.5) is 0 Å². The van der Waals surface area contributed by atoms with E-state index in [1.807, 2.05) is 24.3 Å². The molecule has 3 nitrogen and oxygen atoms in total. The summed E-state index contributed by atoms with van der Waals surface area (Å²) < 4.78 is 5.43. The molecule has 2 rings (SSSR count). The van der Waals surface area contributed by atoms with Crippen molar-refractivity contribution in [2.75, 3.05) is 13.7 Å². The fourth-order valence-electron chi connectivity index (χ4n) is 2.61. The third-order valence-electron chi connectivity index (χ3n) is 3.81. The topological polar surface area (TPSA) is 36.3 Å². The van der Waals surface area contributed by atoms with Crippen LogP contribution in [0, 0.1) is 11.3 Å². The Morgan fingerprint density at radius 3 is 2.89 bits per heavy atom. The minimum atomic E-state index is 0.391. The fourth-order valence-corrected chi connectivity index (χ4v) is 2.61. The Kier molecular flexibility index (Phi) is 4.35. The van der Waals surface area contributed by atoms with Crippen molar-refractivity contribution in [3.8, 4) is 6.07 Å². The van der Waals surface area contributed by atoms with Crippen LogP contribution in [-0.2, 0) is 11.3 Å². The predicted molar refractivity (Wildman–Crippen MR) is 71.1 cm³/mol. The van der Waals surface area contributed by atoms with Gasteiger partial charge in [-0.1, -0.05) is 18.2 Å². The average Bonchev–Trinajstić information content (AvgIpc) is 2.41. The molecule has 18 heavy (non-hydrogen) atoms. The molecule has 0 aromatic heterocycles. The molecule has 0 spiro atoms. The molecule has 1 aromatic carbocycles. The smallest absolute Gasteiger partial charge is 0.0995 e. The molecule has 0 N–H and O–H groups in total. The zero-order valence-electron chi connectivity index (χ0n) is 11.1. The number of benzene rings is 1. The molecule has 0 bridgehead atoms. The lowest BCUT2D eigenvalue weighted by atomic mass is 9.99. The second-order valence-electron chi connectivity index (χ2n) is 4.97. The molecule has 2 atom stereocenters. The summed E-state index contributed by atoms with van der Waals surface area (Å²) in [5.74, 6) is 0. The highest BCUT2D eigenvalue weighted by molar-refractivity contribution is 5.37. The molecule has 96 valence electrons. The monoisotopic (exact) mass is 244 g/mol. The molecular formula is C15H20N2O. The molecule has 1 saturated heterocycles. The highest BCUT2D eigenvalue weighted by Gasteiger charge is 2.25. The van der Waals surface area contributed by atoms with Crippen LogP contribution in [-0.4, -0.2) is 30.7 Å². The van der Waals surface area contributed by atoms with Crippen LogP contribution in [0.15, 0.2) is 24.3 Å². The third kappa shape index (κ3) is 2.90. The summed E-state index contributed by atoms with van der Waals surface area (Å²) in [6.45, 7) is 4.14. The van der Waals surface area contributed by atoms with Crippen molar-refractivity contribution in [3.63, 3.8) is 0 Å². The van der Waals surface area contributed by atoms with E-state index in [0.29, 0.717) is 12.1 Å². The summed E-state index contributed by atoms with van der Waals surface area (Å²) in [5, 5.41) is 9.11. The van der Waals surface area contributed by atoms with Crippen LogP contribution < -0.4 is 0 Å². The molecule has 0 radical (unpaired) electrons. The van der Waals surface area contributed by atoms with E-state index in [4.69, 9.17) is 10.00 Å². The van der Waals surface area contributed by atoms with E-state index < -0.39 is 0 Å². The van der Waals surface area contributed by atoms with E-state index in [0.717, 1.165) is 37.1 Å². The third-order valence-corrected chi connectivity index (χ3v) is 3.81. The first kappa shape index (κ1) is 13.1. The maximum absolute atomic E-state index is 9.11. The quantitative estimate of drug-likeness (QED) is 0.820. The first-order chi connectivity index (χ1) is 8.74. The Hall–Kier alpha value is -1.37. The van der Waals surface area contributed by atoms with Crippen LogP contribution in [0.25, 0.3) is 0 Å². The van der Waals surface area contributed by atoms with E-state index in [9.17, 15) is 0 Å². The number of nitrogens with zero attached hydrogens (tertiary/aromatic N) is 2. The van der Waals surface area contributed by atoms with Crippen LogP contribution in [0.3, 0.4) is 0 Å². The van der Waals surface area contributed by atoms with Gasteiger partial charge in [0.15, 0.2) is 0 Å². The number of hydrogen-bond donors (Lipinski definition) is 0. The second kappa shape index (κ2) is 5.99. The van der Waals surface area contributed by atoms with Crippen molar-refractivity contribution in [1.29, 1.82) is 5.26 Å². The number of likely N-dealkylation sites (tertiary alicyclic amines) is 1. The number of nitriles is 1.